The molecule has 2 N–H and O–H groups in total. The van der Waals surface area contributed by atoms with Gasteiger partial charge in [-0.3, -0.25) is 4.79 Å². The Kier molecular flexibility index (Phi) is 5.26. The number of carbonyl (C=O) groups is 1. The summed E-state index contributed by atoms with van der Waals surface area (Å²) in [6.07, 6.45) is 6.14. The maximum absolute atomic E-state index is 12.2. The summed E-state index contributed by atoms with van der Waals surface area (Å²) >= 11 is 0. The van der Waals surface area contributed by atoms with Crippen molar-refractivity contribution in [1.29, 1.82) is 0 Å². The van der Waals surface area contributed by atoms with Gasteiger partial charge in [-0.25, -0.2) is 0 Å². The van der Waals surface area contributed by atoms with Gasteiger partial charge in [0.25, 0.3) is 0 Å². The molecule has 0 bridgehead atoms. The molecule has 1 saturated carbocycles. The highest BCUT2D eigenvalue weighted by Crippen LogP contribution is 2.23. The lowest BCUT2D eigenvalue weighted by Gasteiger charge is -2.35. The summed E-state index contributed by atoms with van der Waals surface area (Å²) in [6, 6.07) is 0.109. The molecule has 1 aliphatic carbocycles. The maximum atomic E-state index is 12.2. The number of nitrogens with two attached hydrogens (primary N) is 1. The van der Waals surface area contributed by atoms with E-state index in [1.165, 1.54) is 19.3 Å². The average Bonchev–Trinajstić information content (AvgIpc) is 2.30. The van der Waals surface area contributed by atoms with Crippen molar-refractivity contribution in [2.24, 2.45) is 11.7 Å². The van der Waals surface area contributed by atoms with E-state index < -0.39 is 0 Å². The van der Waals surface area contributed by atoms with Crippen molar-refractivity contribution in [3.63, 3.8) is 0 Å². The van der Waals surface area contributed by atoms with Crippen molar-refractivity contribution in [3.8, 4) is 0 Å². The van der Waals surface area contributed by atoms with Gasteiger partial charge in [0, 0.05) is 12.6 Å². The van der Waals surface area contributed by atoms with Crippen LogP contribution in [0, 0.1) is 5.92 Å². The zero-order valence-corrected chi connectivity index (χ0v) is 10.9. The molecule has 0 aromatic carbocycles. The highest BCUT2D eigenvalue weighted by molar-refractivity contribution is 5.82. The van der Waals surface area contributed by atoms with Crippen LogP contribution in [0.2, 0.25) is 0 Å². The Morgan fingerprint density at radius 1 is 1.31 bits per heavy atom. The Morgan fingerprint density at radius 2 is 1.88 bits per heavy atom. The van der Waals surface area contributed by atoms with E-state index in [0.717, 1.165) is 19.4 Å². The van der Waals surface area contributed by atoms with Crippen molar-refractivity contribution in [2.75, 3.05) is 6.54 Å². The number of carbonyl (C=O) groups excluding carboxylic acids is 1. The van der Waals surface area contributed by atoms with Gasteiger partial charge >= 0.3 is 0 Å². The van der Waals surface area contributed by atoms with Crippen molar-refractivity contribution in [2.45, 2.75) is 65.0 Å². The number of amides is 1. The van der Waals surface area contributed by atoms with Gasteiger partial charge in [0.1, 0.15) is 0 Å². The molecule has 1 rings (SSSR count). The summed E-state index contributed by atoms with van der Waals surface area (Å²) in [5.74, 6) is 0.370. The van der Waals surface area contributed by atoms with Crippen LogP contribution in [0.25, 0.3) is 0 Å². The fourth-order valence-corrected chi connectivity index (χ4v) is 2.46. The van der Waals surface area contributed by atoms with Gasteiger partial charge in [0.05, 0.1) is 6.04 Å². The molecule has 0 aromatic rings. The summed E-state index contributed by atoms with van der Waals surface area (Å²) in [6.45, 7) is 6.87. The van der Waals surface area contributed by atoms with E-state index in [1.54, 1.807) is 0 Å². The van der Waals surface area contributed by atoms with Crippen LogP contribution in [0.1, 0.15) is 52.9 Å². The molecule has 1 amide bonds. The molecule has 0 saturated heterocycles. The molecule has 0 aliphatic heterocycles. The summed E-state index contributed by atoms with van der Waals surface area (Å²) in [7, 11) is 0. The molecule has 3 nitrogen and oxygen atoms in total. The highest BCUT2D eigenvalue weighted by atomic mass is 16.2. The molecule has 1 atom stereocenters. The molecule has 0 heterocycles. The van der Waals surface area contributed by atoms with Gasteiger partial charge in [-0.05, 0) is 25.7 Å². The molecule has 3 heteroatoms. The molecule has 1 aliphatic rings. The lowest BCUT2D eigenvalue weighted by atomic mass is 9.93. The minimum Gasteiger partial charge on any atom is -0.339 e. The predicted octanol–water partition coefficient (Wildman–Crippen LogP) is 2.15. The Balaban J connectivity index is 2.61. The summed E-state index contributed by atoms with van der Waals surface area (Å²) in [5.41, 5.74) is 5.95. The van der Waals surface area contributed by atoms with Crippen molar-refractivity contribution in [1.82, 2.24) is 4.90 Å². The zero-order chi connectivity index (χ0) is 12.1. The monoisotopic (exact) mass is 226 g/mol. The summed E-state index contributed by atoms with van der Waals surface area (Å²) in [5, 5.41) is 0. The largest absolute Gasteiger partial charge is 0.339 e. The predicted molar refractivity (Wildman–Crippen MR) is 67.1 cm³/mol. The maximum Gasteiger partial charge on any atom is 0.239 e. The molecule has 0 unspecified atom stereocenters. The van der Waals surface area contributed by atoms with E-state index in [2.05, 4.69) is 6.92 Å². The topological polar surface area (TPSA) is 46.3 Å². The lowest BCUT2D eigenvalue weighted by molar-refractivity contribution is -0.136. The summed E-state index contributed by atoms with van der Waals surface area (Å²) in [4.78, 5) is 14.2. The first kappa shape index (κ1) is 13.5. The third-order valence-corrected chi connectivity index (χ3v) is 3.64. The van der Waals surface area contributed by atoms with Crippen LogP contribution in [-0.4, -0.2) is 29.4 Å². The van der Waals surface area contributed by atoms with Gasteiger partial charge in [-0.2, -0.15) is 0 Å². The fraction of sp³-hybridized carbons (Fsp3) is 0.923. The molecule has 1 fully saturated rings. The first-order chi connectivity index (χ1) is 7.57. The van der Waals surface area contributed by atoms with E-state index in [4.69, 9.17) is 5.73 Å². The SMILES string of the molecule is CCN(C(=O)[C@H](N)C(C)C)C1CCCCC1. The fourth-order valence-electron chi connectivity index (χ4n) is 2.46. The van der Waals surface area contributed by atoms with Crippen molar-refractivity contribution < 1.29 is 4.79 Å². The van der Waals surface area contributed by atoms with E-state index >= 15 is 0 Å². The molecule has 94 valence electrons. The second kappa shape index (κ2) is 6.24. The number of hydrogen-bond acceptors (Lipinski definition) is 2. The Morgan fingerprint density at radius 3 is 2.31 bits per heavy atom. The van der Waals surface area contributed by atoms with Gasteiger partial charge in [0.15, 0.2) is 0 Å². The van der Waals surface area contributed by atoms with Crippen LogP contribution in [0.15, 0.2) is 0 Å². The zero-order valence-electron chi connectivity index (χ0n) is 10.9. The molecular formula is C13H26N2O. The second-order valence-corrected chi connectivity index (χ2v) is 5.19. The smallest absolute Gasteiger partial charge is 0.239 e. The van der Waals surface area contributed by atoms with Crippen molar-refractivity contribution in [3.05, 3.63) is 0 Å². The van der Waals surface area contributed by atoms with Crippen LogP contribution in [-0.2, 0) is 4.79 Å². The van der Waals surface area contributed by atoms with Crippen LogP contribution in [0.3, 0.4) is 0 Å². The molecule has 0 radical (unpaired) electrons. The van der Waals surface area contributed by atoms with E-state index in [0.29, 0.717) is 6.04 Å². The number of rotatable bonds is 4. The van der Waals surface area contributed by atoms with Gasteiger partial charge in [-0.1, -0.05) is 33.1 Å². The van der Waals surface area contributed by atoms with Crippen molar-refractivity contribution >= 4 is 5.91 Å². The normalized spacial score (nSPS) is 19.8. The number of likely N-dealkylation sites (N-methyl/N-ethyl adjacent to an activating group) is 1. The Bertz CT molecular complexity index is 222. The average molecular weight is 226 g/mol. The molecule has 0 aromatic heterocycles. The van der Waals surface area contributed by atoms with E-state index in [-0.39, 0.29) is 17.9 Å². The Hall–Kier alpha value is -0.570. The quantitative estimate of drug-likeness (QED) is 0.798. The van der Waals surface area contributed by atoms with Gasteiger partial charge in [0.2, 0.25) is 5.91 Å². The minimum atomic E-state index is -0.332. The Labute approximate surface area is 99.4 Å². The number of hydrogen-bond donors (Lipinski definition) is 1. The van der Waals surface area contributed by atoms with E-state index in [1.807, 2.05) is 18.7 Å². The van der Waals surface area contributed by atoms with Crippen LogP contribution in [0.5, 0.6) is 0 Å². The standard InChI is InChI=1S/C13H26N2O/c1-4-15(11-8-6-5-7-9-11)13(16)12(14)10(2)3/h10-12H,4-9,14H2,1-3H3/t12-/m1/s1. The first-order valence-corrected chi connectivity index (χ1v) is 6.64. The molecular weight excluding hydrogens is 200 g/mol. The van der Waals surface area contributed by atoms with Crippen LogP contribution < -0.4 is 5.73 Å². The first-order valence-electron chi connectivity index (χ1n) is 6.64. The highest BCUT2D eigenvalue weighted by Gasteiger charge is 2.28. The summed E-state index contributed by atoms with van der Waals surface area (Å²) < 4.78 is 0. The van der Waals surface area contributed by atoms with Gasteiger partial charge < -0.3 is 10.6 Å². The minimum absolute atomic E-state index is 0.143. The van der Waals surface area contributed by atoms with E-state index in [9.17, 15) is 4.79 Å². The molecule has 16 heavy (non-hydrogen) atoms. The second-order valence-electron chi connectivity index (χ2n) is 5.19. The number of nitrogens with zero attached hydrogens (tertiary/aromatic N) is 1. The van der Waals surface area contributed by atoms with Crippen LogP contribution >= 0.6 is 0 Å². The lowest BCUT2D eigenvalue weighted by Crippen LogP contribution is -2.51. The third kappa shape index (κ3) is 3.21. The van der Waals surface area contributed by atoms with Gasteiger partial charge in [-0.15, -0.1) is 0 Å². The van der Waals surface area contributed by atoms with Crippen LogP contribution in [0.4, 0.5) is 0 Å². The molecule has 0 spiro atoms. The third-order valence-electron chi connectivity index (χ3n) is 3.64.